The van der Waals surface area contributed by atoms with Crippen LogP contribution >= 0.6 is 0 Å². The van der Waals surface area contributed by atoms with Gasteiger partial charge in [0.05, 0.1) is 27.8 Å². The quantitative estimate of drug-likeness (QED) is 0.162. The van der Waals surface area contributed by atoms with E-state index >= 15 is 0 Å². The van der Waals surface area contributed by atoms with Gasteiger partial charge in [-0.3, -0.25) is 9.55 Å². The van der Waals surface area contributed by atoms with E-state index in [2.05, 4.69) is 36.4 Å². The van der Waals surface area contributed by atoms with E-state index in [1.165, 1.54) is 18.3 Å². The number of hydrogen-bond acceptors (Lipinski definition) is 3. The molecule has 2 heterocycles. The summed E-state index contributed by atoms with van der Waals surface area (Å²) in [5.41, 5.74) is 3.69. The zero-order valence-corrected chi connectivity index (χ0v) is 39.3. The molecule has 0 amide bonds. The second kappa shape index (κ2) is 17.2. The Hall–Kier alpha value is -5.57. The molecule has 324 valence electrons. The SMILES string of the molecule is [2H]c1c([2H])c(C(C([2H])([2H])[2H])(C([2H])([2H])[2H])C([2H])([2H])[2H])c([2H])c([2H])c1-c1ccnc(-c2[c-]c(-c3cccc4c3nc(-c3cc(C)cc(C(C)(C)C)c3O)n4-c3ccc(C([2H])(C)C)cc3-c3ccccc3)cc(C(C)(C)C)c2)c1.[Pt]. The van der Waals surface area contributed by atoms with Crippen molar-refractivity contribution in [3.63, 3.8) is 0 Å². The minimum absolute atomic E-state index is 0. The molecule has 0 fully saturated rings. The molecule has 0 atom stereocenters. The van der Waals surface area contributed by atoms with Crippen LogP contribution in [-0.4, -0.2) is 19.6 Å². The van der Waals surface area contributed by atoms with E-state index in [4.69, 9.17) is 24.2 Å². The molecule has 0 saturated carbocycles. The Bertz CT molecular complexity index is 3510. The van der Waals surface area contributed by atoms with E-state index in [1.54, 1.807) is 0 Å². The number of aromatic nitrogens is 3. The fourth-order valence-electron chi connectivity index (χ4n) is 7.82. The Morgan fingerprint density at radius 3 is 2.06 bits per heavy atom. The number of hydrogen-bond donors (Lipinski definition) is 1. The van der Waals surface area contributed by atoms with Gasteiger partial charge in [0.25, 0.3) is 0 Å². The third-order valence-corrected chi connectivity index (χ3v) is 11.2. The molecule has 1 N–H and O–H groups in total. The van der Waals surface area contributed by atoms with Crippen LogP contribution in [0.4, 0.5) is 0 Å². The minimum Gasteiger partial charge on any atom is -0.507 e. The number of benzene rings is 6. The van der Waals surface area contributed by atoms with Crippen LogP contribution in [0, 0.1) is 13.0 Å². The summed E-state index contributed by atoms with van der Waals surface area (Å²) in [7, 11) is 0. The Morgan fingerprint density at radius 2 is 1.40 bits per heavy atom. The molecule has 0 aliphatic rings. The van der Waals surface area contributed by atoms with Crippen LogP contribution in [0.1, 0.15) is 129 Å². The van der Waals surface area contributed by atoms with E-state index in [1.807, 2.05) is 133 Å². The van der Waals surface area contributed by atoms with Crippen LogP contribution in [0.25, 0.3) is 72.7 Å². The van der Waals surface area contributed by atoms with Crippen LogP contribution < -0.4 is 0 Å². The summed E-state index contributed by atoms with van der Waals surface area (Å²) in [6.07, 6.45) is 1.41. The van der Waals surface area contributed by atoms with Gasteiger partial charge < -0.3 is 5.11 Å². The number of phenolic OH excluding ortho intramolecular Hbond substituents is 1. The number of imidazole rings is 1. The maximum atomic E-state index is 12.3. The first-order valence-electron chi connectivity index (χ1n) is 27.7. The number of rotatable bonds is 7. The first kappa shape index (κ1) is 30.5. The second-order valence-electron chi connectivity index (χ2n) is 18.4. The van der Waals surface area contributed by atoms with Crippen molar-refractivity contribution < 1.29 is 45.4 Å². The maximum absolute atomic E-state index is 12.3. The number of nitrogens with zero attached hydrogens (tertiary/aromatic N) is 3. The van der Waals surface area contributed by atoms with Crippen LogP contribution in [0.5, 0.6) is 5.75 Å². The fourth-order valence-corrected chi connectivity index (χ4v) is 7.82. The average molecular weight is 1020 g/mol. The van der Waals surface area contributed by atoms with Crippen LogP contribution in [0.2, 0.25) is 0 Å². The molecule has 4 nitrogen and oxygen atoms in total. The van der Waals surface area contributed by atoms with E-state index in [9.17, 15) is 5.11 Å². The molecule has 63 heavy (non-hydrogen) atoms. The topological polar surface area (TPSA) is 50.9 Å². The molecule has 6 aromatic carbocycles. The van der Waals surface area contributed by atoms with Gasteiger partial charge in [-0.15, -0.1) is 29.3 Å². The molecule has 0 spiro atoms. The first-order valence-corrected chi connectivity index (χ1v) is 20.7. The summed E-state index contributed by atoms with van der Waals surface area (Å²) in [6.45, 7) is 6.54. The molecule has 0 saturated heterocycles. The van der Waals surface area contributed by atoms with Gasteiger partial charge in [-0.2, -0.15) is 0 Å². The Labute approximate surface area is 409 Å². The molecular weight excluding hydrogens is 950 g/mol. The van der Waals surface area contributed by atoms with Crippen molar-refractivity contribution in [3.05, 3.63) is 167 Å². The predicted molar refractivity (Wildman–Crippen MR) is 261 cm³/mol. The Kier molecular flexibility index (Phi) is 8.32. The first-order chi connectivity index (χ1) is 35.0. The van der Waals surface area contributed by atoms with Crippen molar-refractivity contribution in [2.45, 2.75) is 105 Å². The molecule has 8 rings (SSSR count). The standard InChI is InChI=1S/C58H60N3O.Pt/c1-36(2)40-23-26-51(47(34-40)39-17-14-13-15-18-39)61-52-20-16-19-46(53(52)60-55(61)48-29-37(3)30-49(54(48)62)58(10,11)12)42-31-43(33-45(32-42)57(7,8)9)50-35-41(27-28-59-50)38-21-24-44(25-22-38)56(4,5)6;/h13-30,32-36,62H,1-12H3;/q-1;/i4D3,5D3,6D3,21D,22D,24D,25D,36D;. The predicted octanol–water partition coefficient (Wildman–Crippen LogP) is 15.6. The van der Waals surface area contributed by atoms with Crippen molar-refractivity contribution >= 4 is 11.0 Å². The van der Waals surface area contributed by atoms with Gasteiger partial charge in [-0.1, -0.05) is 172 Å². The average Bonchev–Trinajstić information content (AvgIpc) is 3.72. The van der Waals surface area contributed by atoms with E-state index in [0.29, 0.717) is 44.8 Å². The van der Waals surface area contributed by atoms with Crippen molar-refractivity contribution in [1.29, 1.82) is 0 Å². The van der Waals surface area contributed by atoms with Crippen molar-refractivity contribution in [2.24, 2.45) is 0 Å². The van der Waals surface area contributed by atoms with E-state index in [0.717, 1.165) is 39.1 Å². The third kappa shape index (κ3) is 9.11. The molecule has 8 aromatic rings. The van der Waals surface area contributed by atoms with Gasteiger partial charge in [-0.05, 0) is 92.8 Å². The number of phenols is 1. The van der Waals surface area contributed by atoms with Crippen molar-refractivity contribution in [1.82, 2.24) is 14.5 Å². The Morgan fingerprint density at radius 1 is 0.683 bits per heavy atom. The zero-order chi connectivity index (χ0) is 56.2. The summed E-state index contributed by atoms with van der Waals surface area (Å²) < 4.78 is 121. The van der Waals surface area contributed by atoms with Gasteiger partial charge in [0, 0.05) is 57.8 Å². The number of fused-ring (bicyclic) bond motifs is 1. The monoisotopic (exact) mass is 1020 g/mol. The minimum atomic E-state index is -3.82. The summed E-state index contributed by atoms with van der Waals surface area (Å²) in [4.78, 5) is 10.2. The maximum Gasteiger partial charge on any atom is 0.148 e. The number of para-hydroxylation sites is 1. The van der Waals surface area contributed by atoms with Crippen LogP contribution in [-0.2, 0) is 37.3 Å². The molecule has 0 bridgehead atoms. The smallest absolute Gasteiger partial charge is 0.148 e. The van der Waals surface area contributed by atoms with Crippen LogP contribution in [0.15, 0.2) is 133 Å². The summed E-state index contributed by atoms with van der Waals surface area (Å²) in [5.74, 6) is -0.348. The summed E-state index contributed by atoms with van der Waals surface area (Å²) in [5, 5.41) is 12.3. The Balaban J connectivity index is 0.00000861. The molecule has 5 heteroatoms. The molecule has 2 aromatic heterocycles. The second-order valence-corrected chi connectivity index (χ2v) is 18.4. The third-order valence-electron chi connectivity index (χ3n) is 11.2. The normalized spacial score (nSPS) is 16.2. The molecule has 0 radical (unpaired) electrons. The molecular formula is C58H60N3OPt-. The number of aryl methyl sites for hydroxylation is 1. The van der Waals surface area contributed by atoms with E-state index < -0.39 is 72.4 Å². The summed E-state index contributed by atoms with van der Waals surface area (Å²) >= 11 is 0. The van der Waals surface area contributed by atoms with Gasteiger partial charge in [0.15, 0.2) is 0 Å². The number of pyridine rings is 1. The van der Waals surface area contributed by atoms with Gasteiger partial charge >= 0.3 is 0 Å². The summed E-state index contributed by atoms with van der Waals surface area (Å²) in [6, 6.07) is 32.3. The number of aromatic hydroxyl groups is 1. The fraction of sp³-hybridized carbons (Fsp3) is 0.276. The van der Waals surface area contributed by atoms with Gasteiger partial charge in [0.1, 0.15) is 11.6 Å². The molecule has 0 unspecified atom stereocenters. The molecule has 0 aliphatic carbocycles. The van der Waals surface area contributed by atoms with Crippen LogP contribution in [0.3, 0.4) is 0 Å². The van der Waals surface area contributed by atoms with Gasteiger partial charge in [0.2, 0.25) is 0 Å². The van der Waals surface area contributed by atoms with Crippen molar-refractivity contribution in [2.75, 3.05) is 0 Å². The van der Waals surface area contributed by atoms with Crippen molar-refractivity contribution in [3.8, 4) is 67.5 Å². The van der Waals surface area contributed by atoms with Gasteiger partial charge in [-0.25, -0.2) is 4.98 Å². The largest absolute Gasteiger partial charge is 0.507 e. The zero-order valence-electron chi connectivity index (χ0n) is 51.0. The molecule has 0 aliphatic heterocycles. The van der Waals surface area contributed by atoms with E-state index in [-0.39, 0.29) is 37.9 Å².